The fraction of sp³-hybridized carbons (Fsp3) is 0.308. The van der Waals surface area contributed by atoms with Crippen LogP contribution in [0.4, 0.5) is 4.39 Å². The maximum absolute atomic E-state index is 14.0. The number of aromatic amines is 1. The molecule has 17 heavy (non-hydrogen) atoms. The van der Waals surface area contributed by atoms with Crippen molar-refractivity contribution >= 4 is 11.6 Å². The largest absolute Gasteiger partial charge is 0.285 e. The molecule has 1 N–H and O–H groups in total. The molecule has 4 heteroatoms. The summed E-state index contributed by atoms with van der Waals surface area (Å²) in [6, 6.07) is 3.16. The van der Waals surface area contributed by atoms with Gasteiger partial charge in [-0.15, -0.1) is 0 Å². The Morgan fingerprint density at radius 2 is 2.00 bits per heavy atom. The number of halogens is 2. The van der Waals surface area contributed by atoms with E-state index in [9.17, 15) is 4.39 Å². The summed E-state index contributed by atoms with van der Waals surface area (Å²) in [6.07, 6.45) is 3.22. The number of hydrogen-bond acceptors (Lipinski definition) is 1. The van der Waals surface area contributed by atoms with Crippen molar-refractivity contribution in [3.63, 3.8) is 0 Å². The Kier molecular flexibility index (Phi) is 2.96. The van der Waals surface area contributed by atoms with Crippen molar-refractivity contribution in [2.24, 2.45) is 0 Å². The van der Waals surface area contributed by atoms with Gasteiger partial charge in [-0.05, 0) is 23.1 Å². The van der Waals surface area contributed by atoms with Crippen LogP contribution in [0.15, 0.2) is 24.5 Å². The molecule has 0 radical (unpaired) electrons. The standard InChI is InChI=1S/C13H14ClFN2/c1-13(2,3)10-5-12(15)9(4-11(10)14)8-6-16-17-7-8/h4-7H,1-3H3,(H,16,17). The molecule has 1 aromatic carbocycles. The first-order valence-corrected chi connectivity index (χ1v) is 5.76. The average molecular weight is 253 g/mol. The average Bonchev–Trinajstić information content (AvgIpc) is 2.72. The van der Waals surface area contributed by atoms with Gasteiger partial charge >= 0.3 is 0 Å². The van der Waals surface area contributed by atoms with Crippen LogP contribution in [-0.4, -0.2) is 10.2 Å². The second-order valence-electron chi connectivity index (χ2n) is 5.05. The van der Waals surface area contributed by atoms with Crippen molar-refractivity contribution in [2.45, 2.75) is 26.2 Å². The van der Waals surface area contributed by atoms with E-state index in [0.717, 1.165) is 5.56 Å². The van der Waals surface area contributed by atoms with E-state index in [0.29, 0.717) is 16.1 Å². The molecule has 0 aliphatic rings. The molecule has 0 aliphatic heterocycles. The Morgan fingerprint density at radius 3 is 2.53 bits per heavy atom. The van der Waals surface area contributed by atoms with E-state index in [1.165, 1.54) is 6.07 Å². The van der Waals surface area contributed by atoms with Crippen LogP contribution in [-0.2, 0) is 5.41 Å². The molecule has 0 saturated heterocycles. The highest BCUT2D eigenvalue weighted by Gasteiger charge is 2.20. The lowest BCUT2D eigenvalue weighted by atomic mass is 9.86. The Morgan fingerprint density at radius 1 is 1.29 bits per heavy atom. The lowest BCUT2D eigenvalue weighted by Gasteiger charge is -2.21. The van der Waals surface area contributed by atoms with Crippen LogP contribution in [0.5, 0.6) is 0 Å². The molecule has 1 aromatic heterocycles. The number of nitrogens with zero attached hydrogens (tertiary/aromatic N) is 1. The molecule has 2 rings (SSSR count). The maximum Gasteiger partial charge on any atom is 0.131 e. The highest BCUT2D eigenvalue weighted by atomic mass is 35.5. The molecule has 0 fully saturated rings. The summed E-state index contributed by atoms with van der Waals surface area (Å²) < 4.78 is 14.0. The monoisotopic (exact) mass is 252 g/mol. The molecule has 2 aromatic rings. The van der Waals surface area contributed by atoms with E-state index in [-0.39, 0.29) is 11.2 Å². The highest BCUT2D eigenvalue weighted by Crippen LogP contribution is 2.34. The zero-order chi connectivity index (χ0) is 12.6. The van der Waals surface area contributed by atoms with Gasteiger partial charge in [0, 0.05) is 22.3 Å². The third-order valence-electron chi connectivity index (χ3n) is 2.67. The van der Waals surface area contributed by atoms with Crippen LogP contribution in [0.2, 0.25) is 5.02 Å². The van der Waals surface area contributed by atoms with Crippen LogP contribution in [0.1, 0.15) is 26.3 Å². The molecule has 0 saturated carbocycles. The van der Waals surface area contributed by atoms with Gasteiger partial charge in [0.15, 0.2) is 0 Å². The topological polar surface area (TPSA) is 28.7 Å². The van der Waals surface area contributed by atoms with Crippen LogP contribution in [0.25, 0.3) is 11.1 Å². The predicted molar refractivity (Wildman–Crippen MR) is 67.7 cm³/mol. The third-order valence-corrected chi connectivity index (χ3v) is 2.99. The number of rotatable bonds is 1. The maximum atomic E-state index is 14.0. The van der Waals surface area contributed by atoms with Gasteiger partial charge in [0.2, 0.25) is 0 Å². The second kappa shape index (κ2) is 4.15. The number of benzene rings is 1. The van der Waals surface area contributed by atoms with Gasteiger partial charge in [-0.2, -0.15) is 5.10 Å². The van der Waals surface area contributed by atoms with Crippen molar-refractivity contribution in [1.82, 2.24) is 10.2 Å². The first kappa shape index (κ1) is 12.1. The van der Waals surface area contributed by atoms with Gasteiger partial charge in [0.05, 0.1) is 6.20 Å². The molecule has 0 spiro atoms. The minimum atomic E-state index is -0.277. The van der Waals surface area contributed by atoms with E-state index in [2.05, 4.69) is 10.2 Å². The molecule has 2 nitrogen and oxygen atoms in total. The number of nitrogens with one attached hydrogen (secondary N) is 1. The Labute approximate surface area is 105 Å². The molecular formula is C13H14ClFN2. The zero-order valence-electron chi connectivity index (χ0n) is 10.0. The fourth-order valence-electron chi connectivity index (χ4n) is 1.74. The predicted octanol–water partition coefficient (Wildman–Crippen LogP) is 4.17. The van der Waals surface area contributed by atoms with Crippen LogP contribution >= 0.6 is 11.6 Å². The summed E-state index contributed by atoms with van der Waals surface area (Å²) in [4.78, 5) is 0. The van der Waals surface area contributed by atoms with Gasteiger partial charge < -0.3 is 0 Å². The molecule has 0 aliphatic carbocycles. The van der Waals surface area contributed by atoms with Crippen molar-refractivity contribution < 1.29 is 4.39 Å². The molecule has 0 atom stereocenters. The van der Waals surface area contributed by atoms with Gasteiger partial charge in [0.1, 0.15) is 5.82 Å². The smallest absolute Gasteiger partial charge is 0.131 e. The van der Waals surface area contributed by atoms with E-state index in [4.69, 9.17) is 11.6 Å². The summed E-state index contributed by atoms with van der Waals surface area (Å²) >= 11 is 6.21. The Hall–Kier alpha value is -1.35. The fourth-order valence-corrected chi connectivity index (χ4v) is 2.19. The Balaban J connectivity index is 2.57. The first-order chi connectivity index (χ1) is 7.89. The van der Waals surface area contributed by atoms with Crippen molar-refractivity contribution in [2.75, 3.05) is 0 Å². The zero-order valence-corrected chi connectivity index (χ0v) is 10.8. The minimum absolute atomic E-state index is 0.174. The highest BCUT2D eigenvalue weighted by molar-refractivity contribution is 6.31. The van der Waals surface area contributed by atoms with Gasteiger partial charge in [-0.1, -0.05) is 32.4 Å². The summed E-state index contributed by atoms with van der Waals surface area (Å²) in [5.74, 6) is -0.277. The third kappa shape index (κ3) is 2.34. The summed E-state index contributed by atoms with van der Waals surface area (Å²) in [5.41, 5.74) is 1.80. The van der Waals surface area contributed by atoms with E-state index < -0.39 is 0 Å². The number of aromatic nitrogens is 2. The Bertz CT molecular complexity index is 527. The van der Waals surface area contributed by atoms with E-state index in [1.807, 2.05) is 20.8 Å². The van der Waals surface area contributed by atoms with Crippen molar-refractivity contribution in [1.29, 1.82) is 0 Å². The molecule has 0 unspecified atom stereocenters. The van der Waals surface area contributed by atoms with Crippen LogP contribution < -0.4 is 0 Å². The number of H-pyrrole nitrogens is 1. The summed E-state index contributed by atoms with van der Waals surface area (Å²) in [5, 5.41) is 7.04. The van der Waals surface area contributed by atoms with Gasteiger partial charge in [-0.3, -0.25) is 5.10 Å². The summed E-state index contributed by atoms with van der Waals surface area (Å²) in [6.45, 7) is 6.02. The molecule has 90 valence electrons. The molecule has 0 bridgehead atoms. The van der Waals surface area contributed by atoms with Crippen LogP contribution in [0.3, 0.4) is 0 Å². The quantitative estimate of drug-likeness (QED) is 0.811. The lowest BCUT2D eigenvalue weighted by Crippen LogP contribution is -2.12. The SMILES string of the molecule is CC(C)(C)c1cc(F)c(-c2cn[nH]c2)cc1Cl. The second-order valence-corrected chi connectivity index (χ2v) is 5.46. The van der Waals surface area contributed by atoms with E-state index >= 15 is 0 Å². The number of hydrogen-bond donors (Lipinski definition) is 1. The molecule has 1 heterocycles. The normalized spacial score (nSPS) is 11.8. The lowest BCUT2D eigenvalue weighted by molar-refractivity contribution is 0.573. The first-order valence-electron chi connectivity index (χ1n) is 5.38. The van der Waals surface area contributed by atoms with Crippen LogP contribution in [0, 0.1) is 5.82 Å². The van der Waals surface area contributed by atoms with Crippen molar-refractivity contribution in [3.05, 3.63) is 40.9 Å². The van der Waals surface area contributed by atoms with Gasteiger partial charge in [0.25, 0.3) is 0 Å². The van der Waals surface area contributed by atoms with Crippen molar-refractivity contribution in [3.8, 4) is 11.1 Å². The minimum Gasteiger partial charge on any atom is -0.285 e. The van der Waals surface area contributed by atoms with Gasteiger partial charge in [-0.25, -0.2) is 4.39 Å². The molecule has 0 amide bonds. The van der Waals surface area contributed by atoms with E-state index in [1.54, 1.807) is 18.5 Å². The summed E-state index contributed by atoms with van der Waals surface area (Å²) in [7, 11) is 0. The molecular weight excluding hydrogens is 239 g/mol.